The molecule has 1 saturated heterocycles. The number of halogens is 1. The van der Waals surface area contributed by atoms with Gasteiger partial charge in [-0.05, 0) is 31.0 Å². The molecule has 27 heavy (non-hydrogen) atoms. The first-order valence-electron chi connectivity index (χ1n) is 9.52. The minimum Gasteiger partial charge on any atom is -0.469 e. The highest BCUT2D eigenvalue weighted by Gasteiger charge is 2.24. The molecule has 1 aliphatic heterocycles. The van der Waals surface area contributed by atoms with E-state index in [4.69, 9.17) is 14.1 Å². The molecule has 5 nitrogen and oxygen atoms in total. The zero-order valence-electron chi connectivity index (χ0n) is 16.0. The number of rotatable bonds is 8. The van der Waals surface area contributed by atoms with E-state index in [1.54, 1.807) is 6.26 Å². The molecule has 0 bridgehead atoms. The first-order chi connectivity index (χ1) is 12.8. The summed E-state index contributed by atoms with van der Waals surface area (Å²) in [5, 5.41) is 3.41. The van der Waals surface area contributed by atoms with Gasteiger partial charge in [0.25, 0.3) is 0 Å². The molecular weight excluding hydrogens is 453 g/mol. The molecule has 2 heterocycles. The van der Waals surface area contributed by atoms with Crippen molar-refractivity contribution < 1.29 is 9.15 Å². The summed E-state index contributed by atoms with van der Waals surface area (Å²) in [5.41, 5.74) is 1.23. The number of guanidine groups is 1. The van der Waals surface area contributed by atoms with Gasteiger partial charge in [-0.1, -0.05) is 30.3 Å². The Labute approximate surface area is 179 Å². The van der Waals surface area contributed by atoms with Gasteiger partial charge < -0.3 is 19.4 Å². The summed E-state index contributed by atoms with van der Waals surface area (Å²) < 4.78 is 11.3. The summed E-state index contributed by atoms with van der Waals surface area (Å²) in [4.78, 5) is 7.11. The Hall–Kier alpha value is -1.54. The zero-order valence-corrected chi connectivity index (χ0v) is 18.3. The summed E-state index contributed by atoms with van der Waals surface area (Å²) >= 11 is 0. The predicted octanol–water partition coefficient (Wildman–Crippen LogP) is 3.94. The predicted molar refractivity (Wildman–Crippen MR) is 120 cm³/mol. The Bertz CT molecular complexity index is 661. The van der Waals surface area contributed by atoms with Crippen molar-refractivity contribution in [3.05, 3.63) is 60.1 Å². The number of hydrogen-bond donors (Lipinski definition) is 1. The lowest BCUT2D eigenvalue weighted by Crippen LogP contribution is -2.40. The summed E-state index contributed by atoms with van der Waals surface area (Å²) in [7, 11) is 0. The molecule has 1 fully saturated rings. The van der Waals surface area contributed by atoms with E-state index < -0.39 is 0 Å². The number of nitrogens with one attached hydrogen (secondary N) is 1. The van der Waals surface area contributed by atoms with Gasteiger partial charge in [0.15, 0.2) is 5.96 Å². The summed E-state index contributed by atoms with van der Waals surface area (Å²) in [6.45, 7) is 7.25. The fourth-order valence-electron chi connectivity index (χ4n) is 3.23. The SMILES string of the molecule is CCNC(=NCCc1ccco1)N1CCC(COCc2ccccc2)C1.I. The van der Waals surface area contributed by atoms with Gasteiger partial charge in [0, 0.05) is 38.5 Å². The molecule has 1 atom stereocenters. The highest BCUT2D eigenvalue weighted by molar-refractivity contribution is 14.0. The standard InChI is InChI=1S/C21H29N3O2.HI/c1-2-22-21(23-12-10-20-9-6-14-26-20)24-13-11-19(15-24)17-25-16-18-7-4-3-5-8-18;/h3-9,14,19H,2,10-13,15-17H2,1H3,(H,22,23);1H. The van der Waals surface area contributed by atoms with Crippen molar-refractivity contribution >= 4 is 29.9 Å². The smallest absolute Gasteiger partial charge is 0.193 e. The number of hydrogen-bond acceptors (Lipinski definition) is 3. The van der Waals surface area contributed by atoms with Crippen LogP contribution in [0.2, 0.25) is 0 Å². The van der Waals surface area contributed by atoms with Crippen LogP contribution >= 0.6 is 24.0 Å². The van der Waals surface area contributed by atoms with Crippen molar-refractivity contribution in [1.29, 1.82) is 0 Å². The maximum Gasteiger partial charge on any atom is 0.193 e. The normalized spacial score (nSPS) is 17.0. The van der Waals surface area contributed by atoms with Gasteiger partial charge in [0.05, 0.1) is 19.5 Å². The molecule has 1 unspecified atom stereocenters. The molecule has 0 radical (unpaired) electrons. The van der Waals surface area contributed by atoms with Crippen molar-refractivity contribution in [1.82, 2.24) is 10.2 Å². The Kier molecular flexibility index (Phi) is 9.69. The highest BCUT2D eigenvalue weighted by Crippen LogP contribution is 2.17. The number of likely N-dealkylation sites (tertiary alicyclic amines) is 1. The Morgan fingerprint density at radius 3 is 2.85 bits per heavy atom. The van der Waals surface area contributed by atoms with E-state index in [1.165, 1.54) is 5.56 Å². The van der Waals surface area contributed by atoms with Crippen LogP contribution in [0.5, 0.6) is 0 Å². The van der Waals surface area contributed by atoms with E-state index in [9.17, 15) is 0 Å². The second-order valence-corrected chi connectivity index (χ2v) is 6.67. The lowest BCUT2D eigenvalue weighted by molar-refractivity contribution is 0.0907. The minimum atomic E-state index is 0. The molecule has 1 aliphatic rings. The van der Waals surface area contributed by atoms with Gasteiger partial charge in [-0.2, -0.15) is 0 Å². The van der Waals surface area contributed by atoms with E-state index in [0.717, 1.165) is 57.3 Å². The van der Waals surface area contributed by atoms with Crippen LogP contribution in [-0.2, 0) is 17.8 Å². The maximum atomic E-state index is 5.92. The van der Waals surface area contributed by atoms with Crippen molar-refractivity contribution in [2.75, 3.05) is 32.8 Å². The molecule has 1 aromatic heterocycles. The van der Waals surface area contributed by atoms with Gasteiger partial charge in [0.2, 0.25) is 0 Å². The van der Waals surface area contributed by atoms with Crippen LogP contribution in [0.25, 0.3) is 0 Å². The van der Waals surface area contributed by atoms with Gasteiger partial charge in [-0.25, -0.2) is 0 Å². The first kappa shape index (κ1) is 21.8. The second-order valence-electron chi connectivity index (χ2n) is 6.67. The molecule has 2 aromatic rings. The van der Waals surface area contributed by atoms with E-state index in [2.05, 4.69) is 41.4 Å². The maximum absolute atomic E-state index is 5.92. The molecule has 1 N–H and O–H groups in total. The Balaban J connectivity index is 0.00000261. The first-order valence-corrected chi connectivity index (χ1v) is 9.52. The molecular formula is C21H30IN3O2. The Morgan fingerprint density at radius 1 is 1.26 bits per heavy atom. The molecule has 6 heteroatoms. The quantitative estimate of drug-likeness (QED) is 0.351. The van der Waals surface area contributed by atoms with Crippen LogP contribution in [0, 0.1) is 5.92 Å². The monoisotopic (exact) mass is 483 g/mol. The Morgan fingerprint density at radius 2 is 2.11 bits per heavy atom. The fraction of sp³-hybridized carbons (Fsp3) is 0.476. The summed E-state index contributed by atoms with van der Waals surface area (Å²) in [6.07, 6.45) is 3.70. The van der Waals surface area contributed by atoms with E-state index in [0.29, 0.717) is 12.5 Å². The largest absolute Gasteiger partial charge is 0.469 e. The van der Waals surface area contributed by atoms with Gasteiger partial charge in [0.1, 0.15) is 5.76 Å². The third kappa shape index (κ3) is 7.18. The number of ether oxygens (including phenoxy) is 1. The summed E-state index contributed by atoms with van der Waals surface area (Å²) in [5.74, 6) is 2.55. The van der Waals surface area contributed by atoms with Crippen LogP contribution in [0.4, 0.5) is 0 Å². The van der Waals surface area contributed by atoms with E-state index >= 15 is 0 Å². The number of furan rings is 1. The number of aliphatic imine (C=N–C) groups is 1. The van der Waals surface area contributed by atoms with Crippen molar-refractivity contribution in [2.24, 2.45) is 10.9 Å². The molecule has 1 aromatic carbocycles. The topological polar surface area (TPSA) is 50.0 Å². The van der Waals surface area contributed by atoms with Gasteiger partial charge in [-0.15, -0.1) is 24.0 Å². The molecule has 0 spiro atoms. The number of benzene rings is 1. The zero-order chi connectivity index (χ0) is 18.0. The number of nitrogens with zero attached hydrogens (tertiary/aromatic N) is 2. The van der Waals surface area contributed by atoms with E-state index in [-0.39, 0.29) is 24.0 Å². The molecule has 148 valence electrons. The van der Waals surface area contributed by atoms with Crippen molar-refractivity contribution in [3.63, 3.8) is 0 Å². The van der Waals surface area contributed by atoms with Crippen molar-refractivity contribution in [2.45, 2.75) is 26.4 Å². The molecule has 3 rings (SSSR count). The highest BCUT2D eigenvalue weighted by atomic mass is 127. The lowest BCUT2D eigenvalue weighted by atomic mass is 10.1. The molecule has 0 saturated carbocycles. The third-order valence-electron chi connectivity index (χ3n) is 4.59. The lowest BCUT2D eigenvalue weighted by Gasteiger charge is -2.21. The van der Waals surface area contributed by atoms with Gasteiger partial charge >= 0.3 is 0 Å². The van der Waals surface area contributed by atoms with Gasteiger partial charge in [-0.3, -0.25) is 4.99 Å². The third-order valence-corrected chi connectivity index (χ3v) is 4.59. The average molecular weight is 483 g/mol. The van der Waals surface area contributed by atoms with Crippen molar-refractivity contribution in [3.8, 4) is 0 Å². The molecule has 0 amide bonds. The molecule has 0 aliphatic carbocycles. The van der Waals surface area contributed by atoms with Crippen LogP contribution in [-0.4, -0.2) is 43.6 Å². The van der Waals surface area contributed by atoms with E-state index in [1.807, 2.05) is 18.2 Å². The van der Waals surface area contributed by atoms with Crippen LogP contribution in [0.1, 0.15) is 24.7 Å². The second kappa shape index (κ2) is 12.0. The fourth-order valence-corrected chi connectivity index (χ4v) is 3.23. The average Bonchev–Trinajstić information content (AvgIpc) is 3.34. The van der Waals surface area contributed by atoms with Crippen LogP contribution < -0.4 is 5.32 Å². The van der Waals surface area contributed by atoms with Crippen LogP contribution in [0.15, 0.2) is 58.1 Å². The minimum absolute atomic E-state index is 0. The van der Waals surface area contributed by atoms with Crippen LogP contribution in [0.3, 0.4) is 0 Å². The summed E-state index contributed by atoms with van der Waals surface area (Å²) in [6, 6.07) is 14.3.